The van der Waals surface area contributed by atoms with E-state index in [0.29, 0.717) is 36.2 Å². The third kappa shape index (κ3) is 5.69. The van der Waals surface area contributed by atoms with Gasteiger partial charge < -0.3 is 14.6 Å². The highest BCUT2D eigenvalue weighted by Crippen LogP contribution is 2.25. The molecule has 1 amide bonds. The number of nitrogens with one attached hydrogen (secondary N) is 1. The predicted molar refractivity (Wildman–Crippen MR) is 114 cm³/mol. The summed E-state index contributed by atoms with van der Waals surface area (Å²) in [6, 6.07) is 13.4. The predicted octanol–water partition coefficient (Wildman–Crippen LogP) is 5.01. The van der Waals surface area contributed by atoms with Gasteiger partial charge in [0.25, 0.3) is 0 Å². The molecule has 1 N–H and O–H groups in total. The van der Waals surface area contributed by atoms with Crippen molar-refractivity contribution in [3.63, 3.8) is 0 Å². The molecule has 1 aromatic heterocycles. The summed E-state index contributed by atoms with van der Waals surface area (Å²) >= 11 is 0. The number of aryl methyl sites for hydroxylation is 1. The fraction of sp³-hybridized carbons (Fsp3) is 0.375. The van der Waals surface area contributed by atoms with Gasteiger partial charge in [-0.1, -0.05) is 17.3 Å². The summed E-state index contributed by atoms with van der Waals surface area (Å²) < 4.78 is 24.4. The second-order valence-electron chi connectivity index (χ2n) is 7.92. The van der Waals surface area contributed by atoms with Gasteiger partial charge in [0.15, 0.2) is 0 Å². The minimum absolute atomic E-state index is 0.101. The zero-order valence-corrected chi connectivity index (χ0v) is 17.5. The molecule has 162 valence electrons. The summed E-state index contributed by atoms with van der Waals surface area (Å²) in [6.07, 6.45) is 5.96. The molecule has 31 heavy (non-hydrogen) atoms. The van der Waals surface area contributed by atoms with Crippen LogP contribution in [0, 0.1) is 5.82 Å². The van der Waals surface area contributed by atoms with E-state index in [-0.39, 0.29) is 11.7 Å². The molecular weight excluding hydrogens is 397 g/mol. The molecule has 1 heterocycles. The van der Waals surface area contributed by atoms with Gasteiger partial charge in [0.05, 0.1) is 6.10 Å². The minimum atomic E-state index is -0.425. The molecule has 0 radical (unpaired) electrons. The van der Waals surface area contributed by atoms with E-state index in [1.54, 1.807) is 19.1 Å². The summed E-state index contributed by atoms with van der Waals surface area (Å²) in [5, 5.41) is 6.80. The van der Waals surface area contributed by atoms with E-state index in [1.165, 1.54) is 25.0 Å². The van der Waals surface area contributed by atoms with Crippen LogP contribution >= 0.6 is 0 Å². The van der Waals surface area contributed by atoms with Gasteiger partial charge in [-0.3, -0.25) is 4.79 Å². The maximum absolute atomic E-state index is 13.1. The second kappa shape index (κ2) is 9.73. The number of carbonyl (C=O) groups excluding carboxylic acids is 1. The molecule has 1 saturated carbocycles. The summed E-state index contributed by atoms with van der Waals surface area (Å²) in [6.45, 7) is 1.79. The third-order valence-electron chi connectivity index (χ3n) is 5.44. The Balaban J connectivity index is 1.28. The smallest absolute Gasteiger partial charge is 0.249 e. The molecular formula is C24H26FN3O3. The number of amides is 1. The van der Waals surface area contributed by atoms with Crippen LogP contribution in [-0.4, -0.2) is 22.2 Å². The van der Waals surface area contributed by atoms with E-state index in [0.717, 1.165) is 24.2 Å². The van der Waals surface area contributed by atoms with Crippen molar-refractivity contribution in [2.75, 3.05) is 0 Å². The molecule has 1 aliphatic carbocycles. The number of carbonyl (C=O) groups is 1. The normalized spacial score (nSPS) is 15.0. The van der Waals surface area contributed by atoms with Gasteiger partial charge in [0.1, 0.15) is 17.6 Å². The van der Waals surface area contributed by atoms with E-state index in [4.69, 9.17) is 9.26 Å². The average molecular weight is 423 g/mol. The summed E-state index contributed by atoms with van der Waals surface area (Å²) in [7, 11) is 0. The van der Waals surface area contributed by atoms with E-state index in [1.807, 2.05) is 24.3 Å². The van der Waals surface area contributed by atoms with Crippen molar-refractivity contribution in [2.45, 2.75) is 57.6 Å². The Morgan fingerprint density at radius 3 is 2.77 bits per heavy atom. The second-order valence-corrected chi connectivity index (χ2v) is 7.92. The van der Waals surface area contributed by atoms with Crippen molar-refractivity contribution in [3.8, 4) is 17.1 Å². The Bertz CT molecular complexity index is 1010. The van der Waals surface area contributed by atoms with Crippen LogP contribution in [0.5, 0.6) is 5.75 Å². The van der Waals surface area contributed by atoms with Crippen LogP contribution in [-0.2, 0) is 11.2 Å². The highest BCUT2D eigenvalue weighted by atomic mass is 19.1. The van der Waals surface area contributed by atoms with Crippen molar-refractivity contribution >= 4 is 5.91 Å². The number of halogens is 1. The lowest BCUT2D eigenvalue weighted by molar-refractivity contribution is -0.121. The first-order valence-electron chi connectivity index (χ1n) is 10.7. The lowest BCUT2D eigenvalue weighted by Gasteiger charge is -2.14. The van der Waals surface area contributed by atoms with Crippen molar-refractivity contribution in [1.82, 2.24) is 15.5 Å². The van der Waals surface area contributed by atoms with E-state index >= 15 is 0 Å². The first kappa shape index (κ1) is 21.0. The molecule has 6 nitrogen and oxygen atoms in total. The quantitative estimate of drug-likeness (QED) is 0.551. The summed E-state index contributed by atoms with van der Waals surface area (Å²) in [5.41, 5.74) is 1.71. The Labute approximate surface area is 180 Å². The number of ether oxygens (including phenoxy) is 1. The molecule has 1 fully saturated rings. The number of rotatable bonds is 8. The molecule has 1 atom stereocenters. The highest BCUT2D eigenvalue weighted by molar-refractivity contribution is 5.76. The molecule has 0 aliphatic heterocycles. The van der Waals surface area contributed by atoms with Crippen molar-refractivity contribution in [3.05, 3.63) is 65.8 Å². The van der Waals surface area contributed by atoms with Crippen molar-refractivity contribution in [1.29, 1.82) is 0 Å². The van der Waals surface area contributed by atoms with E-state index in [9.17, 15) is 9.18 Å². The van der Waals surface area contributed by atoms with Crippen LogP contribution < -0.4 is 10.1 Å². The van der Waals surface area contributed by atoms with Crippen LogP contribution in [0.3, 0.4) is 0 Å². The molecule has 0 saturated heterocycles. The molecule has 4 rings (SSSR count). The van der Waals surface area contributed by atoms with Gasteiger partial charge in [-0.25, -0.2) is 4.39 Å². The topological polar surface area (TPSA) is 77.2 Å². The number of nitrogens with zero attached hydrogens (tertiary/aromatic N) is 2. The number of benzene rings is 2. The fourth-order valence-electron chi connectivity index (χ4n) is 3.73. The van der Waals surface area contributed by atoms with Crippen LogP contribution in [0.2, 0.25) is 0 Å². The van der Waals surface area contributed by atoms with Crippen LogP contribution in [0.15, 0.2) is 53.1 Å². The molecule has 3 aromatic rings. The zero-order chi connectivity index (χ0) is 21.6. The highest BCUT2D eigenvalue weighted by Gasteiger charge is 2.18. The van der Waals surface area contributed by atoms with Crippen molar-refractivity contribution in [2.24, 2.45) is 0 Å². The lowest BCUT2D eigenvalue weighted by Crippen LogP contribution is -2.27. The first-order valence-corrected chi connectivity index (χ1v) is 10.7. The maximum atomic E-state index is 13.1. The molecule has 1 aliphatic rings. The van der Waals surface area contributed by atoms with Gasteiger partial charge in [-0.05, 0) is 81.0 Å². The van der Waals surface area contributed by atoms with Gasteiger partial charge >= 0.3 is 0 Å². The molecule has 2 aromatic carbocycles. The monoisotopic (exact) mass is 423 g/mol. The van der Waals surface area contributed by atoms with Crippen LogP contribution in [0.25, 0.3) is 11.4 Å². The van der Waals surface area contributed by atoms with Gasteiger partial charge in [-0.15, -0.1) is 0 Å². The Kier molecular flexibility index (Phi) is 6.60. The maximum Gasteiger partial charge on any atom is 0.249 e. The zero-order valence-electron chi connectivity index (χ0n) is 17.5. The average Bonchev–Trinajstić information content (AvgIpc) is 3.45. The van der Waals surface area contributed by atoms with Gasteiger partial charge in [0, 0.05) is 12.0 Å². The first-order chi connectivity index (χ1) is 15.1. The number of hydrogen-bond donors (Lipinski definition) is 1. The summed E-state index contributed by atoms with van der Waals surface area (Å²) in [4.78, 5) is 16.7. The third-order valence-corrected chi connectivity index (χ3v) is 5.44. The van der Waals surface area contributed by atoms with Crippen LogP contribution in [0.1, 0.15) is 56.5 Å². The van der Waals surface area contributed by atoms with Crippen LogP contribution in [0.4, 0.5) is 4.39 Å². The number of aromatic nitrogens is 2. The minimum Gasteiger partial charge on any atom is -0.490 e. The summed E-state index contributed by atoms with van der Waals surface area (Å²) in [5.74, 6) is 1.10. The van der Waals surface area contributed by atoms with E-state index in [2.05, 4.69) is 15.5 Å². The van der Waals surface area contributed by atoms with Gasteiger partial charge in [0.2, 0.25) is 17.6 Å². The van der Waals surface area contributed by atoms with E-state index < -0.39 is 6.04 Å². The molecule has 1 unspecified atom stereocenters. The SMILES string of the molecule is CC(NC(=O)CCc1cccc(OC2CCCC2)c1)c1nc(-c2ccc(F)cc2)no1. The standard InChI is InChI=1S/C24H26FN3O3/c1-16(24-27-23(28-31-24)18-10-12-19(25)13-11-18)26-22(29)14-9-17-5-4-8-21(15-17)30-20-6-2-3-7-20/h4-5,8,10-13,15-16,20H,2-3,6-7,9,14H2,1H3,(H,26,29). The fourth-order valence-corrected chi connectivity index (χ4v) is 3.73. The Morgan fingerprint density at radius 2 is 2.00 bits per heavy atom. The lowest BCUT2D eigenvalue weighted by atomic mass is 10.1. The Hall–Kier alpha value is -3.22. The Morgan fingerprint density at radius 1 is 1.23 bits per heavy atom. The molecule has 0 spiro atoms. The molecule has 0 bridgehead atoms. The largest absolute Gasteiger partial charge is 0.490 e. The number of hydrogen-bond acceptors (Lipinski definition) is 5. The van der Waals surface area contributed by atoms with Gasteiger partial charge in [-0.2, -0.15) is 4.98 Å². The van der Waals surface area contributed by atoms with Crippen molar-refractivity contribution < 1.29 is 18.4 Å². The molecule has 7 heteroatoms.